The molecule has 4 rings (SSSR count). The lowest BCUT2D eigenvalue weighted by Gasteiger charge is -2.05. The number of halogens is 1. The Kier molecular flexibility index (Phi) is 3.36. The van der Waals surface area contributed by atoms with E-state index in [2.05, 4.69) is 15.0 Å². The average Bonchev–Trinajstić information content (AvgIpc) is 2.96. The van der Waals surface area contributed by atoms with Crippen LogP contribution in [0.3, 0.4) is 0 Å². The van der Waals surface area contributed by atoms with E-state index in [-0.39, 0.29) is 5.56 Å². The van der Waals surface area contributed by atoms with Crippen LogP contribution in [0.4, 0.5) is 0 Å². The summed E-state index contributed by atoms with van der Waals surface area (Å²) in [4.78, 5) is 26.7. The van der Waals surface area contributed by atoms with Gasteiger partial charge in [0.2, 0.25) is 0 Å². The molecule has 0 saturated heterocycles. The highest BCUT2D eigenvalue weighted by Crippen LogP contribution is 2.30. The lowest BCUT2D eigenvalue weighted by Crippen LogP contribution is -2.17. The zero-order chi connectivity index (χ0) is 16.0. The van der Waals surface area contributed by atoms with Crippen LogP contribution in [0.5, 0.6) is 0 Å². The predicted molar refractivity (Wildman–Crippen MR) is 92.7 cm³/mol. The maximum Gasteiger partial charge on any atom is 0.275 e. The smallest absolute Gasteiger partial charge is 0.267 e. The summed E-state index contributed by atoms with van der Waals surface area (Å²) < 4.78 is 2.11. The standard InChI is InChI=1S/C16H11ClN4OS/c1-2-11-12-13-14(23-15(12)19-7-18-11)16(22)21(8-20-13)10-5-3-9(17)4-6-10/h3-8H,2H2,1H3. The van der Waals surface area contributed by atoms with Gasteiger partial charge in [-0.25, -0.2) is 15.0 Å². The van der Waals surface area contributed by atoms with Crippen LogP contribution in [-0.2, 0) is 6.42 Å². The zero-order valence-corrected chi connectivity index (χ0v) is 13.7. The molecule has 5 nitrogen and oxygen atoms in total. The number of aromatic nitrogens is 4. The highest BCUT2D eigenvalue weighted by Gasteiger charge is 2.16. The van der Waals surface area contributed by atoms with Crippen molar-refractivity contribution in [2.24, 2.45) is 0 Å². The minimum atomic E-state index is -0.109. The van der Waals surface area contributed by atoms with Gasteiger partial charge in [-0.2, -0.15) is 0 Å². The Morgan fingerprint density at radius 2 is 1.96 bits per heavy atom. The fourth-order valence-corrected chi connectivity index (χ4v) is 3.75. The Balaban J connectivity index is 2.04. The molecular formula is C16H11ClN4OS. The highest BCUT2D eigenvalue weighted by molar-refractivity contribution is 7.25. The van der Waals surface area contributed by atoms with E-state index >= 15 is 0 Å². The summed E-state index contributed by atoms with van der Waals surface area (Å²) in [7, 11) is 0. The summed E-state index contributed by atoms with van der Waals surface area (Å²) in [6, 6.07) is 7.09. The first kappa shape index (κ1) is 14.3. The Bertz CT molecular complexity index is 1090. The van der Waals surface area contributed by atoms with Gasteiger partial charge in [-0.05, 0) is 30.7 Å². The van der Waals surface area contributed by atoms with Gasteiger partial charge in [-0.3, -0.25) is 9.36 Å². The van der Waals surface area contributed by atoms with Gasteiger partial charge in [-0.1, -0.05) is 18.5 Å². The Hall–Kier alpha value is -2.31. The van der Waals surface area contributed by atoms with E-state index in [9.17, 15) is 4.79 Å². The van der Waals surface area contributed by atoms with Gasteiger partial charge in [0, 0.05) is 5.02 Å². The molecule has 0 amide bonds. The maximum absolute atomic E-state index is 12.8. The van der Waals surface area contributed by atoms with Crippen LogP contribution in [0.25, 0.3) is 26.1 Å². The molecule has 0 fully saturated rings. The van der Waals surface area contributed by atoms with Crippen LogP contribution >= 0.6 is 22.9 Å². The van der Waals surface area contributed by atoms with Crippen LogP contribution < -0.4 is 5.56 Å². The van der Waals surface area contributed by atoms with Gasteiger partial charge in [0.25, 0.3) is 5.56 Å². The number of hydrogen-bond donors (Lipinski definition) is 0. The van der Waals surface area contributed by atoms with Crippen molar-refractivity contribution in [3.8, 4) is 5.69 Å². The maximum atomic E-state index is 12.8. The third-order valence-corrected chi connectivity index (χ3v) is 5.02. The van der Waals surface area contributed by atoms with Gasteiger partial charge in [0.15, 0.2) is 0 Å². The molecule has 0 aliphatic heterocycles. The summed E-state index contributed by atoms with van der Waals surface area (Å²) >= 11 is 7.26. The quantitative estimate of drug-likeness (QED) is 0.558. The molecule has 3 heterocycles. The molecule has 0 bridgehead atoms. The number of hydrogen-bond acceptors (Lipinski definition) is 5. The number of rotatable bonds is 2. The number of nitrogens with zero attached hydrogens (tertiary/aromatic N) is 4. The Morgan fingerprint density at radius 3 is 2.70 bits per heavy atom. The largest absolute Gasteiger partial charge is 0.275 e. The summed E-state index contributed by atoms with van der Waals surface area (Å²) in [5, 5.41) is 1.51. The topological polar surface area (TPSA) is 60.7 Å². The fourth-order valence-electron chi connectivity index (χ4n) is 2.58. The fraction of sp³-hybridized carbons (Fsp3) is 0.125. The first-order chi connectivity index (χ1) is 11.2. The minimum absolute atomic E-state index is 0.109. The van der Waals surface area contributed by atoms with E-state index in [1.807, 2.05) is 6.92 Å². The number of aryl methyl sites for hydroxylation is 1. The lowest BCUT2D eigenvalue weighted by atomic mass is 10.2. The summed E-state index contributed by atoms with van der Waals surface area (Å²) in [6.45, 7) is 2.03. The van der Waals surface area contributed by atoms with Gasteiger partial charge < -0.3 is 0 Å². The lowest BCUT2D eigenvalue weighted by molar-refractivity contribution is 0.966. The van der Waals surface area contributed by atoms with Crippen molar-refractivity contribution in [1.82, 2.24) is 19.5 Å². The molecule has 0 radical (unpaired) electrons. The second kappa shape index (κ2) is 5.40. The van der Waals surface area contributed by atoms with Gasteiger partial charge in [0.05, 0.1) is 22.3 Å². The van der Waals surface area contributed by atoms with Crippen molar-refractivity contribution in [3.05, 3.63) is 58.0 Å². The molecule has 0 spiro atoms. The molecule has 114 valence electrons. The van der Waals surface area contributed by atoms with E-state index in [1.54, 1.807) is 30.6 Å². The van der Waals surface area contributed by atoms with Crippen molar-refractivity contribution in [3.63, 3.8) is 0 Å². The van der Waals surface area contributed by atoms with E-state index in [4.69, 9.17) is 11.6 Å². The van der Waals surface area contributed by atoms with Crippen molar-refractivity contribution in [2.75, 3.05) is 0 Å². The monoisotopic (exact) mass is 342 g/mol. The van der Waals surface area contributed by atoms with E-state index in [0.717, 1.165) is 28.0 Å². The molecule has 0 aliphatic carbocycles. The Morgan fingerprint density at radius 1 is 1.17 bits per heavy atom. The van der Waals surface area contributed by atoms with E-state index in [1.165, 1.54) is 22.2 Å². The van der Waals surface area contributed by atoms with E-state index < -0.39 is 0 Å². The van der Waals surface area contributed by atoms with Crippen molar-refractivity contribution >= 4 is 43.4 Å². The first-order valence-corrected chi connectivity index (χ1v) is 8.28. The second-order valence-electron chi connectivity index (χ2n) is 5.03. The second-order valence-corrected chi connectivity index (χ2v) is 6.47. The molecule has 0 atom stereocenters. The molecule has 0 N–H and O–H groups in total. The number of fused-ring (bicyclic) bond motifs is 3. The van der Waals surface area contributed by atoms with Gasteiger partial charge in [0.1, 0.15) is 22.2 Å². The van der Waals surface area contributed by atoms with Gasteiger partial charge in [-0.15, -0.1) is 11.3 Å². The molecule has 23 heavy (non-hydrogen) atoms. The molecule has 0 unspecified atom stereocenters. The molecule has 0 aliphatic rings. The van der Waals surface area contributed by atoms with Crippen LogP contribution in [-0.4, -0.2) is 19.5 Å². The third-order valence-electron chi connectivity index (χ3n) is 3.70. The van der Waals surface area contributed by atoms with Crippen molar-refractivity contribution < 1.29 is 0 Å². The normalized spacial score (nSPS) is 11.4. The molecule has 4 aromatic rings. The zero-order valence-electron chi connectivity index (χ0n) is 12.2. The summed E-state index contributed by atoms with van der Waals surface area (Å²) in [5.74, 6) is 0. The Labute approximate surface area is 140 Å². The predicted octanol–water partition coefficient (Wildman–Crippen LogP) is 3.61. The molecule has 7 heteroatoms. The van der Waals surface area contributed by atoms with Crippen molar-refractivity contribution in [1.29, 1.82) is 0 Å². The molecule has 0 saturated carbocycles. The SMILES string of the molecule is CCc1ncnc2sc3c(=O)n(-c4ccc(Cl)cc4)cnc3c12. The molecule has 1 aromatic carbocycles. The van der Waals surface area contributed by atoms with Gasteiger partial charge >= 0.3 is 0 Å². The molecule has 3 aromatic heterocycles. The minimum Gasteiger partial charge on any atom is -0.267 e. The highest BCUT2D eigenvalue weighted by atomic mass is 35.5. The number of benzene rings is 1. The number of thiophene rings is 1. The van der Waals surface area contributed by atoms with Crippen LogP contribution in [0.15, 0.2) is 41.7 Å². The van der Waals surface area contributed by atoms with Crippen LogP contribution in [0.2, 0.25) is 5.02 Å². The van der Waals surface area contributed by atoms with Crippen LogP contribution in [0, 0.1) is 0 Å². The summed E-state index contributed by atoms with van der Waals surface area (Å²) in [5.41, 5.74) is 2.21. The third kappa shape index (κ3) is 2.22. The summed E-state index contributed by atoms with van der Waals surface area (Å²) in [6.07, 6.45) is 3.85. The molecular weight excluding hydrogens is 332 g/mol. The van der Waals surface area contributed by atoms with Crippen molar-refractivity contribution in [2.45, 2.75) is 13.3 Å². The van der Waals surface area contributed by atoms with E-state index in [0.29, 0.717) is 15.2 Å². The first-order valence-electron chi connectivity index (χ1n) is 7.08. The average molecular weight is 343 g/mol. The van der Waals surface area contributed by atoms with Crippen LogP contribution in [0.1, 0.15) is 12.6 Å².